The largest absolute Gasteiger partial charge is 0.497 e. The van der Waals surface area contributed by atoms with Gasteiger partial charge in [-0.15, -0.1) is 0 Å². The van der Waals surface area contributed by atoms with Gasteiger partial charge in [-0.2, -0.15) is 0 Å². The molecule has 0 bridgehead atoms. The van der Waals surface area contributed by atoms with E-state index >= 15 is 0 Å². The summed E-state index contributed by atoms with van der Waals surface area (Å²) in [7, 11) is 1.64. The summed E-state index contributed by atoms with van der Waals surface area (Å²) in [4.78, 5) is 0. The molecule has 1 atom stereocenters. The Kier molecular flexibility index (Phi) is 4.74. The summed E-state index contributed by atoms with van der Waals surface area (Å²) in [5.74, 6) is 0.656. The molecule has 1 unspecified atom stereocenters. The molecule has 3 heteroatoms. The maximum absolute atomic E-state index is 14.3. The summed E-state index contributed by atoms with van der Waals surface area (Å²) in [6.07, 6.45) is 0. The van der Waals surface area contributed by atoms with Gasteiger partial charge < -0.3 is 10.1 Å². The van der Waals surface area contributed by atoms with E-state index in [0.29, 0.717) is 11.1 Å². The Hall–Kier alpha value is -1.87. The van der Waals surface area contributed by atoms with Crippen LogP contribution < -0.4 is 10.1 Å². The van der Waals surface area contributed by atoms with Gasteiger partial charge in [0.1, 0.15) is 11.6 Å². The molecule has 2 aromatic rings. The molecule has 0 amide bonds. The van der Waals surface area contributed by atoms with E-state index in [9.17, 15) is 4.39 Å². The van der Waals surface area contributed by atoms with Crippen LogP contribution in [0.3, 0.4) is 0 Å². The van der Waals surface area contributed by atoms with E-state index in [0.717, 1.165) is 17.9 Å². The van der Waals surface area contributed by atoms with Crippen LogP contribution in [0.15, 0.2) is 42.5 Å². The summed E-state index contributed by atoms with van der Waals surface area (Å²) < 4.78 is 19.5. The van der Waals surface area contributed by atoms with Gasteiger partial charge in [0.2, 0.25) is 0 Å². The molecule has 0 aliphatic carbocycles. The van der Waals surface area contributed by atoms with Gasteiger partial charge in [0.15, 0.2) is 0 Å². The number of methoxy groups -OCH3 is 1. The molecule has 0 radical (unpaired) electrons. The van der Waals surface area contributed by atoms with Crippen molar-refractivity contribution in [3.8, 4) is 5.75 Å². The van der Waals surface area contributed by atoms with Crippen LogP contribution in [0.4, 0.5) is 4.39 Å². The predicted octanol–water partition coefficient (Wildman–Crippen LogP) is 3.84. The normalized spacial score (nSPS) is 12.2. The number of hydrogen-bond acceptors (Lipinski definition) is 2. The molecule has 106 valence electrons. The van der Waals surface area contributed by atoms with E-state index in [-0.39, 0.29) is 11.9 Å². The topological polar surface area (TPSA) is 21.3 Å². The van der Waals surface area contributed by atoms with Crippen LogP contribution in [0.2, 0.25) is 0 Å². The van der Waals surface area contributed by atoms with E-state index < -0.39 is 0 Å². The third kappa shape index (κ3) is 2.99. The van der Waals surface area contributed by atoms with Crippen LogP contribution in [0, 0.1) is 12.7 Å². The third-order valence-electron chi connectivity index (χ3n) is 3.39. The average molecular weight is 273 g/mol. The molecule has 0 saturated heterocycles. The van der Waals surface area contributed by atoms with Gasteiger partial charge in [-0.25, -0.2) is 4.39 Å². The van der Waals surface area contributed by atoms with Gasteiger partial charge in [-0.3, -0.25) is 0 Å². The second kappa shape index (κ2) is 6.53. The molecule has 1 N–H and O–H groups in total. The average Bonchev–Trinajstić information content (AvgIpc) is 2.48. The van der Waals surface area contributed by atoms with E-state index in [1.165, 1.54) is 0 Å². The first-order valence-electron chi connectivity index (χ1n) is 6.79. The maximum atomic E-state index is 14.3. The molecule has 0 aliphatic rings. The van der Waals surface area contributed by atoms with Crippen molar-refractivity contribution >= 4 is 0 Å². The standard InChI is InChI=1S/C17H20FNO/c1-4-19-17(13-8-10-14(20-3)11-9-13)15-7-5-6-12(2)16(15)18/h5-11,17,19H,4H2,1-3H3. The highest BCUT2D eigenvalue weighted by Crippen LogP contribution is 2.27. The zero-order chi connectivity index (χ0) is 14.5. The number of halogens is 1. The van der Waals surface area contributed by atoms with Gasteiger partial charge in [0.25, 0.3) is 0 Å². The smallest absolute Gasteiger partial charge is 0.131 e. The molecule has 0 fully saturated rings. The zero-order valence-corrected chi connectivity index (χ0v) is 12.1. The van der Waals surface area contributed by atoms with E-state index in [2.05, 4.69) is 5.32 Å². The lowest BCUT2D eigenvalue weighted by molar-refractivity contribution is 0.414. The Morgan fingerprint density at radius 3 is 2.45 bits per heavy atom. The van der Waals surface area contributed by atoms with Crippen molar-refractivity contribution in [3.63, 3.8) is 0 Å². The van der Waals surface area contributed by atoms with Crippen molar-refractivity contribution in [2.45, 2.75) is 19.9 Å². The SMILES string of the molecule is CCNC(c1ccc(OC)cc1)c1cccc(C)c1F. The fourth-order valence-electron chi connectivity index (χ4n) is 2.30. The second-order valence-electron chi connectivity index (χ2n) is 4.74. The summed E-state index contributed by atoms with van der Waals surface area (Å²) in [5.41, 5.74) is 2.37. The Morgan fingerprint density at radius 1 is 1.15 bits per heavy atom. The molecule has 0 saturated carbocycles. The lowest BCUT2D eigenvalue weighted by atomic mass is 9.96. The minimum atomic E-state index is -0.147. The number of hydrogen-bond donors (Lipinski definition) is 1. The van der Waals surface area contributed by atoms with E-state index in [4.69, 9.17) is 4.74 Å². The molecule has 2 nitrogen and oxygen atoms in total. The first kappa shape index (κ1) is 14.5. The van der Waals surface area contributed by atoms with Gasteiger partial charge in [-0.05, 0) is 36.7 Å². The minimum absolute atomic E-state index is 0.144. The lowest BCUT2D eigenvalue weighted by Crippen LogP contribution is -2.23. The van der Waals surface area contributed by atoms with Gasteiger partial charge in [0, 0.05) is 5.56 Å². The lowest BCUT2D eigenvalue weighted by Gasteiger charge is -2.20. The van der Waals surface area contributed by atoms with Crippen molar-refractivity contribution in [2.75, 3.05) is 13.7 Å². The molecule has 2 aromatic carbocycles. The summed E-state index contributed by atoms with van der Waals surface area (Å²) >= 11 is 0. The number of nitrogens with one attached hydrogen (secondary N) is 1. The van der Waals surface area contributed by atoms with Crippen LogP contribution in [0.1, 0.15) is 29.7 Å². The highest BCUT2D eigenvalue weighted by atomic mass is 19.1. The number of ether oxygens (including phenoxy) is 1. The molecular formula is C17H20FNO. The summed E-state index contributed by atoms with van der Waals surface area (Å²) in [5, 5.41) is 3.34. The fourth-order valence-corrected chi connectivity index (χ4v) is 2.30. The molecule has 2 rings (SSSR count). The van der Waals surface area contributed by atoms with Crippen molar-refractivity contribution in [1.82, 2.24) is 5.32 Å². The quantitative estimate of drug-likeness (QED) is 0.893. The second-order valence-corrected chi connectivity index (χ2v) is 4.74. The third-order valence-corrected chi connectivity index (χ3v) is 3.39. The molecule has 0 spiro atoms. The van der Waals surface area contributed by atoms with Crippen molar-refractivity contribution < 1.29 is 9.13 Å². The minimum Gasteiger partial charge on any atom is -0.497 e. The fraction of sp³-hybridized carbons (Fsp3) is 0.294. The predicted molar refractivity (Wildman–Crippen MR) is 79.7 cm³/mol. The van der Waals surface area contributed by atoms with Crippen LogP contribution in [0.5, 0.6) is 5.75 Å². The van der Waals surface area contributed by atoms with Crippen molar-refractivity contribution in [1.29, 1.82) is 0 Å². The van der Waals surface area contributed by atoms with Crippen LogP contribution >= 0.6 is 0 Å². The van der Waals surface area contributed by atoms with Crippen molar-refractivity contribution in [3.05, 3.63) is 65.0 Å². The first-order valence-corrected chi connectivity index (χ1v) is 6.79. The molecular weight excluding hydrogens is 253 g/mol. The van der Waals surface area contributed by atoms with Gasteiger partial charge in [0.05, 0.1) is 13.2 Å². The number of aryl methyl sites for hydroxylation is 1. The van der Waals surface area contributed by atoms with Crippen molar-refractivity contribution in [2.24, 2.45) is 0 Å². The van der Waals surface area contributed by atoms with Gasteiger partial charge in [-0.1, -0.05) is 37.3 Å². The van der Waals surface area contributed by atoms with Crippen LogP contribution in [0.25, 0.3) is 0 Å². The van der Waals surface area contributed by atoms with Crippen LogP contribution in [-0.2, 0) is 0 Å². The number of rotatable bonds is 5. The summed E-state index contributed by atoms with van der Waals surface area (Å²) in [6.45, 7) is 4.57. The summed E-state index contributed by atoms with van der Waals surface area (Å²) in [6, 6.07) is 13.1. The zero-order valence-electron chi connectivity index (χ0n) is 12.1. The monoisotopic (exact) mass is 273 g/mol. The molecule has 0 aromatic heterocycles. The van der Waals surface area contributed by atoms with Crippen LogP contribution in [-0.4, -0.2) is 13.7 Å². The Bertz CT molecular complexity index is 566. The molecule has 0 heterocycles. The van der Waals surface area contributed by atoms with E-state index in [1.807, 2.05) is 43.3 Å². The van der Waals surface area contributed by atoms with Gasteiger partial charge >= 0.3 is 0 Å². The Balaban J connectivity index is 2.41. The highest BCUT2D eigenvalue weighted by molar-refractivity contribution is 5.37. The Labute approximate surface area is 119 Å². The first-order chi connectivity index (χ1) is 9.67. The Morgan fingerprint density at radius 2 is 1.85 bits per heavy atom. The highest BCUT2D eigenvalue weighted by Gasteiger charge is 2.17. The molecule has 20 heavy (non-hydrogen) atoms. The number of benzene rings is 2. The van der Waals surface area contributed by atoms with E-state index in [1.54, 1.807) is 20.1 Å². The molecule has 0 aliphatic heterocycles. The maximum Gasteiger partial charge on any atom is 0.131 e.